The van der Waals surface area contributed by atoms with Crippen molar-refractivity contribution in [3.8, 4) is 0 Å². The molecule has 2 N–H and O–H groups in total. The zero-order chi connectivity index (χ0) is 8.97. The molecule has 0 atom stereocenters. The fourth-order valence-corrected chi connectivity index (χ4v) is 0.957. The second-order valence-corrected chi connectivity index (χ2v) is 2.48. The monoisotopic (exact) mass is 168 g/mol. The Morgan fingerprint density at radius 3 is 3.00 bits per heavy atom. The summed E-state index contributed by atoms with van der Waals surface area (Å²) in [5.41, 5.74) is 0.600. The molecule has 0 bridgehead atoms. The maximum absolute atomic E-state index is 11.2. The van der Waals surface area contributed by atoms with Crippen LogP contribution in [0.15, 0.2) is 18.3 Å². The molecule has 1 amide bonds. The Hall–Kier alpha value is -1.29. The van der Waals surface area contributed by atoms with E-state index in [4.69, 9.17) is 5.11 Å². The summed E-state index contributed by atoms with van der Waals surface area (Å²) in [5.74, 6) is -0.156. The van der Waals surface area contributed by atoms with Gasteiger partial charge in [-0.15, -0.1) is 0 Å². The summed E-state index contributed by atoms with van der Waals surface area (Å²) in [4.78, 5) is 11.2. The molecule has 4 heteroatoms. The third kappa shape index (κ3) is 1.85. The Balaban J connectivity index is 2.59. The SMILES string of the molecule is Cn1cccc1C(=O)NCCO. The molecule has 4 nitrogen and oxygen atoms in total. The van der Waals surface area contributed by atoms with Gasteiger partial charge in [-0.3, -0.25) is 4.79 Å². The number of amides is 1. The fraction of sp³-hybridized carbons (Fsp3) is 0.375. The van der Waals surface area contributed by atoms with Crippen molar-refractivity contribution in [2.75, 3.05) is 13.2 Å². The quantitative estimate of drug-likeness (QED) is 0.653. The second-order valence-electron chi connectivity index (χ2n) is 2.48. The lowest BCUT2D eigenvalue weighted by atomic mass is 10.4. The zero-order valence-electron chi connectivity index (χ0n) is 6.95. The van der Waals surface area contributed by atoms with E-state index in [1.54, 1.807) is 29.9 Å². The Labute approximate surface area is 70.8 Å². The Morgan fingerprint density at radius 2 is 2.50 bits per heavy atom. The molecule has 0 aliphatic carbocycles. The first kappa shape index (κ1) is 8.80. The van der Waals surface area contributed by atoms with Crippen LogP contribution in [0.4, 0.5) is 0 Å². The first-order chi connectivity index (χ1) is 5.75. The van der Waals surface area contributed by atoms with E-state index in [1.807, 2.05) is 0 Å². The van der Waals surface area contributed by atoms with Gasteiger partial charge in [0.2, 0.25) is 0 Å². The van der Waals surface area contributed by atoms with Crippen LogP contribution >= 0.6 is 0 Å². The molecule has 0 saturated heterocycles. The lowest BCUT2D eigenvalue weighted by Gasteiger charge is -2.03. The molecule has 0 aromatic carbocycles. The lowest BCUT2D eigenvalue weighted by molar-refractivity contribution is 0.0936. The smallest absolute Gasteiger partial charge is 0.267 e. The second kappa shape index (κ2) is 3.92. The van der Waals surface area contributed by atoms with E-state index in [2.05, 4.69) is 5.32 Å². The van der Waals surface area contributed by atoms with Gasteiger partial charge >= 0.3 is 0 Å². The van der Waals surface area contributed by atoms with Crippen molar-refractivity contribution in [2.24, 2.45) is 7.05 Å². The van der Waals surface area contributed by atoms with Gasteiger partial charge in [-0.1, -0.05) is 0 Å². The topological polar surface area (TPSA) is 54.3 Å². The first-order valence-electron chi connectivity index (χ1n) is 3.76. The van der Waals surface area contributed by atoms with Crippen molar-refractivity contribution in [3.05, 3.63) is 24.0 Å². The molecule has 1 aromatic heterocycles. The highest BCUT2D eigenvalue weighted by Gasteiger charge is 2.06. The molecule has 0 saturated carbocycles. The number of nitrogens with one attached hydrogen (secondary N) is 1. The summed E-state index contributed by atoms with van der Waals surface area (Å²) in [6.07, 6.45) is 1.80. The number of aromatic nitrogens is 1. The van der Waals surface area contributed by atoms with Crippen LogP contribution in [0.5, 0.6) is 0 Å². The van der Waals surface area contributed by atoms with Crippen LogP contribution in [0.25, 0.3) is 0 Å². The van der Waals surface area contributed by atoms with Crippen molar-refractivity contribution in [1.29, 1.82) is 0 Å². The summed E-state index contributed by atoms with van der Waals surface area (Å²) in [6, 6.07) is 3.53. The number of carbonyl (C=O) groups excluding carboxylic acids is 1. The Bertz CT molecular complexity index is 268. The average molecular weight is 168 g/mol. The molecule has 1 heterocycles. The normalized spacial score (nSPS) is 9.83. The molecule has 0 unspecified atom stereocenters. The predicted molar refractivity (Wildman–Crippen MR) is 44.8 cm³/mol. The van der Waals surface area contributed by atoms with Crippen LogP contribution < -0.4 is 5.32 Å². The molecular weight excluding hydrogens is 156 g/mol. The average Bonchev–Trinajstić information content (AvgIpc) is 2.47. The van der Waals surface area contributed by atoms with Gasteiger partial charge in [0, 0.05) is 19.8 Å². The van der Waals surface area contributed by atoms with Crippen molar-refractivity contribution >= 4 is 5.91 Å². The number of hydrogen-bond donors (Lipinski definition) is 2. The summed E-state index contributed by atoms with van der Waals surface area (Å²) in [7, 11) is 1.80. The minimum atomic E-state index is -0.156. The van der Waals surface area contributed by atoms with E-state index in [0.29, 0.717) is 12.2 Å². The first-order valence-corrected chi connectivity index (χ1v) is 3.76. The van der Waals surface area contributed by atoms with Crippen LogP contribution in [-0.2, 0) is 7.05 Å². The van der Waals surface area contributed by atoms with Gasteiger partial charge in [-0.05, 0) is 12.1 Å². The van der Waals surface area contributed by atoms with Gasteiger partial charge < -0.3 is 15.0 Å². The van der Waals surface area contributed by atoms with Gasteiger partial charge in [0.15, 0.2) is 0 Å². The third-order valence-corrected chi connectivity index (χ3v) is 1.57. The van der Waals surface area contributed by atoms with E-state index in [9.17, 15) is 4.79 Å². The zero-order valence-corrected chi connectivity index (χ0v) is 6.95. The van der Waals surface area contributed by atoms with Gasteiger partial charge in [0.1, 0.15) is 5.69 Å². The highest BCUT2D eigenvalue weighted by atomic mass is 16.3. The maximum atomic E-state index is 11.2. The minimum Gasteiger partial charge on any atom is -0.395 e. The number of carbonyl (C=O) groups is 1. The number of aliphatic hydroxyl groups is 1. The number of aliphatic hydroxyl groups excluding tert-OH is 1. The highest BCUT2D eigenvalue weighted by Crippen LogP contribution is 1.98. The summed E-state index contributed by atoms with van der Waals surface area (Å²) >= 11 is 0. The van der Waals surface area contributed by atoms with E-state index in [-0.39, 0.29) is 12.5 Å². The fourth-order valence-electron chi connectivity index (χ4n) is 0.957. The molecule has 1 rings (SSSR count). The van der Waals surface area contributed by atoms with Crippen molar-refractivity contribution in [1.82, 2.24) is 9.88 Å². The minimum absolute atomic E-state index is 0.0316. The van der Waals surface area contributed by atoms with Gasteiger partial charge in [-0.25, -0.2) is 0 Å². The van der Waals surface area contributed by atoms with Gasteiger partial charge in [0.05, 0.1) is 6.61 Å². The van der Waals surface area contributed by atoms with Crippen LogP contribution in [0.1, 0.15) is 10.5 Å². The van der Waals surface area contributed by atoms with Crippen LogP contribution in [-0.4, -0.2) is 28.7 Å². The van der Waals surface area contributed by atoms with E-state index in [0.717, 1.165) is 0 Å². The molecular formula is C8H12N2O2. The van der Waals surface area contributed by atoms with Crippen molar-refractivity contribution in [2.45, 2.75) is 0 Å². The van der Waals surface area contributed by atoms with Gasteiger partial charge in [0.25, 0.3) is 5.91 Å². The van der Waals surface area contributed by atoms with Crippen LogP contribution in [0.2, 0.25) is 0 Å². The molecule has 1 aromatic rings. The lowest BCUT2D eigenvalue weighted by Crippen LogP contribution is -2.27. The van der Waals surface area contributed by atoms with Gasteiger partial charge in [-0.2, -0.15) is 0 Å². The summed E-state index contributed by atoms with van der Waals surface area (Å²) in [6.45, 7) is 0.264. The summed E-state index contributed by atoms with van der Waals surface area (Å²) in [5, 5.41) is 11.0. The number of hydrogen-bond acceptors (Lipinski definition) is 2. The molecule has 12 heavy (non-hydrogen) atoms. The highest BCUT2D eigenvalue weighted by molar-refractivity contribution is 5.92. The van der Waals surface area contributed by atoms with Crippen molar-refractivity contribution < 1.29 is 9.90 Å². The molecule has 0 radical (unpaired) electrons. The van der Waals surface area contributed by atoms with E-state index in [1.165, 1.54) is 0 Å². The molecule has 0 spiro atoms. The molecule has 0 fully saturated rings. The molecule has 0 aliphatic heterocycles. The molecule has 0 aliphatic rings. The van der Waals surface area contributed by atoms with Crippen LogP contribution in [0, 0.1) is 0 Å². The predicted octanol–water partition coefficient (Wildman–Crippen LogP) is -0.253. The van der Waals surface area contributed by atoms with Crippen molar-refractivity contribution in [3.63, 3.8) is 0 Å². The largest absolute Gasteiger partial charge is 0.395 e. The number of nitrogens with zero attached hydrogens (tertiary/aromatic N) is 1. The third-order valence-electron chi connectivity index (χ3n) is 1.57. The standard InChI is InChI=1S/C8H12N2O2/c1-10-5-2-3-7(10)8(12)9-4-6-11/h2-3,5,11H,4,6H2,1H3,(H,9,12). The Morgan fingerprint density at radius 1 is 1.75 bits per heavy atom. The van der Waals surface area contributed by atoms with Crippen LogP contribution in [0.3, 0.4) is 0 Å². The number of rotatable bonds is 3. The van der Waals surface area contributed by atoms with E-state index >= 15 is 0 Å². The molecule has 66 valence electrons. The van der Waals surface area contributed by atoms with E-state index < -0.39 is 0 Å². The Kier molecular flexibility index (Phi) is 2.88. The summed E-state index contributed by atoms with van der Waals surface area (Å²) < 4.78 is 1.73. The number of aryl methyl sites for hydroxylation is 1. The maximum Gasteiger partial charge on any atom is 0.267 e.